The Morgan fingerprint density at radius 3 is 2.79 bits per heavy atom. The summed E-state index contributed by atoms with van der Waals surface area (Å²) in [4.78, 5) is 0. The van der Waals surface area contributed by atoms with Gasteiger partial charge in [0, 0.05) is 12.1 Å². The third kappa shape index (κ3) is 5.23. The molecule has 1 aromatic carbocycles. The van der Waals surface area contributed by atoms with E-state index in [0.29, 0.717) is 5.92 Å². The summed E-state index contributed by atoms with van der Waals surface area (Å²) >= 11 is 0. The Morgan fingerprint density at radius 2 is 2.16 bits per heavy atom. The van der Waals surface area contributed by atoms with Crippen molar-refractivity contribution in [1.29, 1.82) is 0 Å². The molecule has 19 heavy (non-hydrogen) atoms. The van der Waals surface area contributed by atoms with Gasteiger partial charge in [0.1, 0.15) is 6.61 Å². The second-order valence-electron chi connectivity index (χ2n) is 4.80. The molecular weight excluding hydrogens is 238 g/mol. The lowest BCUT2D eigenvalue weighted by Gasteiger charge is -2.14. The first kappa shape index (κ1) is 15.4. The van der Waals surface area contributed by atoms with Crippen molar-refractivity contribution in [2.45, 2.75) is 26.8 Å². The Hall–Kier alpha value is -1.66. The Labute approximate surface area is 116 Å². The van der Waals surface area contributed by atoms with E-state index in [1.807, 2.05) is 18.2 Å². The summed E-state index contributed by atoms with van der Waals surface area (Å²) in [6.07, 6.45) is 6.40. The fourth-order valence-electron chi connectivity index (χ4n) is 1.75. The second kappa shape index (κ2) is 8.44. The van der Waals surface area contributed by atoms with E-state index in [9.17, 15) is 0 Å². The lowest BCUT2D eigenvalue weighted by molar-refractivity contribution is 0.326. The van der Waals surface area contributed by atoms with Crippen LogP contribution >= 0.6 is 0 Å². The summed E-state index contributed by atoms with van der Waals surface area (Å²) in [6.45, 7) is 6.43. The van der Waals surface area contributed by atoms with Crippen molar-refractivity contribution >= 4 is 0 Å². The van der Waals surface area contributed by atoms with E-state index < -0.39 is 0 Å². The molecule has 0 saturated heterocycles. The van der Waals surface area contributed by atoms with Crippen LogP contribution in [0.5, 0.6) is 11.5 Å². The predicted octanol–water partition coefficient (Wildman–Crippen LogP) is 2.84. The number of benzene rings is 1. The average molecular weight is 261 g/mol. The first-order chi connectivity index (χ1) is 9.19. The topological polar surface area (TPSA) is 30.5 Å². The molecule has 0 saturated carbocycles. The molecule has 0 radical (unpaired) electrons. The molecule has 0 aliphatic carbocycles. The minimum Gasteiger partial charge on any atom is -0.493 e. The third-order valence-corrected chi connectivity index (χ3v) is 2.79. The number of methoxy groups -OCH3 is 1. The molecule has 3 nitrogen and oxygen atoms in total. The monoisotopic (exact) mass is 261 g/mol. The largest absolute Gasteiger partial charge is 0.493 e. The maximum Gasteiger partial charge on any atom is 0.167 e. The molecule has 0 unspecified atom stereocenters. The molecule has 0 fully saturated rings. The van der Waals surface area contributed by atoms with Crippen LogP contribution in [-0.2, 0) is 6.54 Å². The molecular formula is C16H23NO2. The van der Waals surface area contributed by atoms with Crippen LogP contribution in [0, 0.1) is 18.3 Å². The van der Waals surface area contributed by atoms with Crippen LogP contribution < -0.4 is 14.8 Å². The maximum absolute atomic E-state index is 5.59. The van der Waals surface area contributed by atoms with Crippen molar-refractivity contribution < 1.29 is 9.47 Å². The van der Waals surface area contributed by atoms with Crippen LogP contribution in [0.2, 0.25) is 0 Å². The van der Waals surface area contributed by atoms with Crippen LogP contribution in [-0.4, -0.2) is 20.3 Å². The van der Waals surface area contributed by atoms with Crippen molar-refractivity contribution in [3.05, 3.63) is 23.8 Å². The summed E-state index contributed by atoms with van der Waals surface area (Å²) in [5.41, 5.74) is 1.07. The SMILES string of the molecule is C#CCOc1c(CNCCC(C)C)cccc1OC. The number of rotatable bonds is 8. The standard InChI is InChI=1S/C16H23NO2/c1-5-11-19-16-14(7-6-8-15(16)18-4)12-17-10-9-13(2)3/h1,6-8,13,17H,9-12H2,2-4H3. The zero-order valence-electron chi connectivity index (χ0n) is 12.0. The third-order valence-electron chi connectivity index (χ3n) is 2.79. The molecule has 1 N–H and O–H groups in total. The molecule has 0 aromatic heterocycles. The van der Waals surface area contributed by atoms with Crippen molar-refractivity contribution in [2.75, 3.05) is 20.3 Å². The van der Waals surface area contributed by atoms with Crippen LogP contribution in [0.3, 0.4) is 0 Å². The zero-order valence-corrected chi connectivity index (χ0v) is 12.0. The first-order valence-corrected chi connectivity index (χ1v) is 6.62. The Balaban J connectivity index is 2.67. The molecule has 0 heterocycles. The molecule has 0 bridgehead atoms. The summed E-state index contributed by atoms with van der Waals surface area (Å²) in [5, 5.41) is 3.41. The summed E-state index contributed by atoms with van der Waals surface area (Å²) in [7, 11) is 1.63. The van der Waals surface area contributed by atoms with E-state index in [1.165, 1.54) is 0 Å². The number of nitrogens with one attached hydrogen (secondary N) is 1. The highest BCUT2D eigenvalue weighted by Gasteiger charge is 2.09. The Morgan fingerprint density at radius 1 is 1.37 bits per heavy atom. The Bertz CT molecular complexity index is 421. The quantitative estimate of drug-likeness (QED) is 0.576. The highest BCUT2D eigenvalue weighted by molar-refractivity contribution is 5.46. The van der Waals surface area contributed by atoms with E-state index >= 15 is 0 Å². The predicted molar refractivity (Wildman–Crippen MR) is 78.5 cm³/mol. The van der Waals surface area contributed by atoms with Crippen LogP contribution in [0.1, 0.15) is 25.8 Å². The van der Waals surface area contributed by atoms with E-state index in [4.69, 9.17) is 15.9 Å². The average Bonchev–Trinajstić information content (AvgIpc) is 2.41. The lowest BCUT2D eigenvalue weighted by atomic mass is 10.1. The minimum atomic E-state index is 0.249. The number of hydrogen-bond donors (Lipinski definition) is 1. The number of para-hydroxylation sites is 1. The molecule has 0 amide bonds. The molecule has 3 heteroatoms. The van der Waals surface area contributed by atoms with Gasteiger partial charge in [-0.05, 0) is 24.9 Å². The van der Waals surface area contributed by atoms with Gasteiger partial charge in [-0.25, -0.2) is 0 Å². The van der Waals surface area contributed by atoms with E-state index in [2.05, 4.69) is 25.1 Å². The first-order valence-electron chi connectivity index (χ1n) is 6.62. The van der Waals surface area contributed by atoms with Gasteiger partial charge < -0.3 is 14.8 Å². The molecule has 104 valence electrons. The van der Waals surface area contributed by atoms with Gasteiger partial charge in [0.05, 0.1) is 7.11 Å². The van der Waals surface area contributed by atoms with E-state index in [-0.39, 0.29) is 6.61 Å². The van der Waals surface area contributed by atoms with E-state index in [0.717, 1.165) is 36.6 Å². The van der Waals surface area contributed by atoms with Gasteiger partial charge in [0.25, 0.3) is 0 Å². The summed E-state index contributed by atoms with van der Waals surface area (Å²) < 4.78 is 10.9. The number of terminal acetylenes is 1. The maximum atomic E-state index is 5.59. The van der Waals surface area contributed by atoms with E-state index in [1.54, 1.807) is 7.11 Å². The second-order valence-corrected chi connectivity index (χ2v) is 4.80. The zero-order chi connectivity index (χ0) is 14.1. The molecule has 1 aromatic rings. The van der Waals surface area contributed by atoms with Crippen LogP contribution in [0.4, 0.5) is 0 Å². The van der Waals surface area contributed by atoms with Crippen molar-refractivity contribution in [2.24, 2.45) is 5.92 Å². The fourth-order valence-corrected chi connectivity index (χ4v) is 1.75. The highest BCUT2D eigenvalue weighted by atomic mass is 16.5. The highest BCUT2D eigenvalue weighted by Crippen LogP contribution is 2.30. The summed E-state index contributed by atoms with van der Waals surface area (Å²) in [6, 6.07) is 5.86. The minimum absolute atomic E-state index is 0.249. The van der Waals surface area contributed by atoms with Gasteiger partial charge in [-0.15, -0.1) is 6.42 Å². The number of hydrogen-bond acceptors (Lipinski definition) is 3. The molecule has 0 atom stereocenters. The Kier molecular flexibility index (Phi) is 6.84. The van der Waals surface area contributed by atoms with Crippen LogP contribution in [0.15, 0.2) is 18.2 Å². The van der Waals surface area contributed by atoms with Gasteiger partial charge in [-0.3, -0.25) is 0 Å². The van der Waals surface area contributed by atoms with Gasteiger partial charge in [0.2, 0.25) is 0 Å². The van der Waals surface area contributed by atoms with Gasteiger partial charge >= 0.3 is 0 Å². The fraction of sp³-hybridized carbons (Fsp3) is 0.500. The molecule has 0 aliphatic heterocycles. The van der Waals surface area contributed by atoms with Crippen molar-refractivity contribution in [3.63, 3.8) is 0 Å². The molecule has 0 spiro atoms. The van der Waals surface area contributed by atoms with Crippen LogP contribution in [0.25, 0.3) is 0 Å². The normalized spacial score (nSPS) is 10.3. The van der Waals surface area contributed by atoms with Gasteiger partial charge in [0.15, 0.2) is 11.5 Å². The summed E-state index contributed by atoms with van der Waals surface area (Å²) in [5.74, 6) is 4.64. The van der Waals surface area contributed by atoms with Gasteiger partial charge in [-0.1, -0.05) is 31.9 Å². The number of ether oxygens (including phenoxy) is 2. The molecule has 1 rings (SSSR count). The molecule has 0 aliphatic rings. The van der Waals surface area contributed by atoms with Crippen molar-refractivity contribution in [1.82, 2.24) is 5.32 Å². The lowest BCUT2D eigenvalue weighted by Crippen LogP contribution is -2.17. The van der Waals surface area contributed by atoms with Gasteiger partial charge in [-0.2, -0.15) is 0 Å². The smallest absolute Gasteiger partial charge is 0.167 e. The van der Waals surface area contributed by atoms with Crippen molar-refractivity contribution in [3.8, 4) is 23.8 Å².